The van der Waals surface area contributed by atoms with Crippen molar-refractivity contribution in [3.05, 3.63) is 41.5 Å². The van der Waals surface area contributed by atoms with E-state index in [1.807, 2.05) is 37.3 Å². The van der Waals surface area contributed by atoms with Crippen molar-refractivity contribution in [3.8, 4) is 0 Å². The Morgan fingerprint density at radius 1 is 1.05 bits per heavy atom. The van der Waals surface area contributed by atoms with Gasteiger partial charge in [-0.05, 0) is 49.9 Å². The fourth-order valence-corrected chi connectivity index (χ4v) is 3.05. The molecule has 0 radical (unpaired) electrons. The minimum absolute atomic E-state index is 0.0364. The molecule has 3 rings (SSSR count). The summed E-state index contributed by atoms with van der Waals surface area (Å²) in [7, 11) is 0. The lowest BCUT2D eigenvalue weighted by atomic mass is 9.85. The number of amides is 2. The van der Waals surface area contributed by atoms with Crippen LogP contribution in [0.25, 0.3) is 0 Å². The Hall–Kier alpha value is -2.10. The topological polar surface area (TPSA) is 49.4 Å². The van der Waals surface area contributed by atoms with Crippen molar-refractivity contribution in [1.29, 1.82) is 0 Å². The fourth-order valence-electron chi connectivity index (χ4n) is 3.05. The van der Waals surface area contributed by atoms with Crippen molar-refractivity contribution in [3.63, 3.8) is 0 Å². The summed E-state index contributed by atoms with van der Waals surface area (Å²) in [6, 6.07) is 6.05. The van der Waals surface area contributed by atoms with E-state index in [2.05, 4.69) is 12.2 Å². The molecule has 1 aromatic carbocycles. The van der Waals surface area contributed by atoms with Gasteiger partial charge in [0.1, 0.15) is 0 Å². The number of likely N-dealkylation sites (tertiary alicyclic amines) is 1. The minimum atomic E-state index is -0.149. The molecule has 1 heterocycles. The van der Waals surface area contributed by atoms with Crippen LogP contribution in [0.5, 0.6) is 0 Å². The van der Waals surface area contributed by atoms with Gasteiger partial charge in [0.2, 0.25) is 11.8 Å². The molecule has 1 fully saturated rings. The smallest absolute Gasteiger partial charge is 0.234 e. The van der Waals surface area contributed by atoms with Crippen molar-refractivity contribution in [2.45, 2.75) is 26.7 Å². The number of benzene rings is 1. The zero-order chi connectivity index (χ0) is 15.0. The van der Waals surface area contributed by atoms with Gasteiger partial charge in [-0.25, -0.2) is 0 Å². The Morgan fingerprint density at radius 3 is 2.24 bits per heavy atom. The van der Waals surface area contributed by atoms with Crippen LogP contribution in [0.1, 0.15) is 24.0 Å². The molecule has 0 saturated carbocycles. The van der Waals surface area contributed by atoms with E-state index in [4.69, 9.17) is 0 Å². The number of fused-ring (bicyclic) bond motifs is 1. The lowest BCUT2D eigenvalue weighted by molar-refractivity contribution is -0.139. The molecule has 2 atom stereocenters. The molecular formula is C17H20N2O2. The zero-order valence-corrected chi connectivity index (χ0v) is 12.4. The number of carbonyl (C=O) groups excluding carboxylic acids is 2. The van der Waals surface area contributed by atoms with E-state index in [9.17, 15) is 9.59 Å². The molecule has 2 aliphatic rings. The maximum atomic E-state index is 12.3. The first-order valence-corrected chi connectivity index (χ1v) is 7.39. The lowest BCUT2D eigenvalue weighted by Crippen LogP contribution is -2.35. The van der Waals surface area contributed by atoms with Gasteiger partial charge in [0.05, 0.1) is 18.5 Å². The predicted octanol–water partition coefficient (Wildman–Crippen LogP) is 2.62. The number of aryl methyl sites for hydroxylation is 2. The molecule has 2 amide bonds. The second kappa shape index (κ2) is 5.35. The summed E-state index contributed by atoms with van der Waals surface area (Å²) in [6.45, 7) is 4.37. The number of nitrogens with zero attached hydrogens (tertiary/aromatic N) is 1. The summed E-state index contributed by atoms with van der Waals surface area (Å²) in [5.41, 5.74) is 3.36. The number of carbonyl (C=O) groups is 2. The Bertz CT molecular complexity index is 595. The van der Waals surface area contributed by atoms with Crippen LogP contribution in [0.2, 0.25) is 0 Å². The number of imide groups is 1. The predicted molar refractivity (Wildman–Crippen MR) is 81.6 cm³/mol. The van der Waals surface area contributed by atoms with Crippen molar-refractivity contribution in [2.75, 3.05) is 12.0 Å². The second-order valence-electron chi connectivity index (χ2n) is 5.89. The first-order valence-electron chi connectivity index (χ1n) is 7.39. The van der Waals surface area contributed by atoms with E-state index in [0.29, 0.717) is 12.8 Å². The summed E-state index contributed by atoms with van der Waals surface area (Å²) in [6.07, 6.45) is 5.39. The number of allylic oxidation sites excluding steroid dienone is 2. The average Bonchev–Trinajstić information content (AvgIpc) is 2.73. The summed E-state index contributed by atoms with van der Waals surface area (Å²) < 4.78 is 0. The third-order valence-corrected chi connectivity index (χ3v) is 4.55. The number of hydrogen-bond donors (Lipinski definition) is 1. The summed E-state index contributed by atoms with van der Waals surface area (Å²) in [5, 5.41) is 3.19. The Morgan fingerprint density at radius 2 is 1.67 bits per heavy atom. The van der Waals surface area contributed by atoms with Crippen molar-refractivity contribution in [2.24, 2.45) is 11.8 Å². The van der Waals surface area contributed by atoms with Gasteiger partial charge in [-0.1, -0.05) is 18.2 Å². The van der Waals surface area contributed by atoms with Gasteiger partial charge in [0, 0.05) is 5.69 Å². The van der Waals surface area contributed by atoms with Crippen molar-refractivity contribution < 1.29 is 9.59 Å². The first kappa shape index (κ1) is 13.9. The van der Waals surface area contributed by atoms with Gasteiger partial charge in [-0.15, -0.1) is 0 Å². The lowest BCUT2D eigenvalue weighted by Gasteiger charge is -2.17. The second-order valence-corrected chi connectivity index (χ2v) is 5.89. The highest BCUT2D eigenvalue weighted by atomic mass is 16.2. The maximum Gasteiger partial charge on any atom is 0.234 e. The molecular weight excluding hydrogens is 264 g/mol. The molecule has 1 aromatic rings. The van der Waals surface area contributed by atoms with Crippen LogP contribution in [0.15, 0.2) is 30.4 Å². The molecule has 0 spiro atoms. The molecule has 1 saturated heterocycles. The van der Waals surface area contributed by atoms with E-state index in [1.54, 1.807) is 0 Å². The summed E-state index contributed by atoms with van der Waals surface area (Å²) in [5.74, 6) is -0.371. The molecule has 1 aliphatic carbocycles. The zero-order valence-electron chi connectivity index (χ0n) is 12.4. The molecule has 1 aliphatic heterocycles. The fraction of sp³-hybridized carbons (Fsp3) is 0.412. The summed E-state index contributed by atoms with van der Waals surface area (Å²) >= 11 is 0. The van der Waals surface area contributed by atoms with Gasteiger partial charge in [0.15, 0.2) is 0 Å². The van der Waals surface area contributed by atoms with Crippen LogP contribution in [0.4, 0.5) is 5.69 Å². The van der Waals surface area contributed by atoms with Gasteiger partial charge in [-0.3, -0.25) is 14.5 Å². The molecule has 4 nitrogen and oxygen atoms in total. The van der Waals surface area contributed by atoms with Crippen LogP contribution in [0.3, 0.4) is 0 Å². The molecule has 110 valence electrons. The number of hydrogen-bond acceptors (Lipinski definition) is 3. The van der Waals surface area contributed by atoms with Crippen molar-refractivity contribution >= 4 is 17.5 Å². The van der Waals surface area contributed by atoms with E-state index in [-0.39, 0.29) is 30.3 Å². The van der Waals surface area contributed by atoms with E-state index in [0.717, 1.165) is 5.69 Å². The minimum Gasteiger partial charge on any atom is -0.367 e. The third kappa shape index (κ3) is 2.46. The van der Waals surface area contributed by atoms with Crippen LogP contribution in [0, 0.1) is 25.7 Å². The van der Waals surface area contributed by atoms with Crippen LogP contribution >= 0.6 is 0 Å². The first-order chi connectivity index (χ1) is 10.1. The van der Waals surface area contributed by atoms with E-state index >= 15 is 0 Å². The standard InChI is InChI=1S/C17H20N2O2/c1-11-7-8-13(9-12(11)2)18-10-19-16(20)14-5-3-4-6-15(14)17(19)21/h3-4,7-9,14-15,18H,5-6,10H2,1-2H3/t14-,15-/m1/s1. The number of anilines is 1. The average molecular weight is 284 g/mol. The molecule has 0 aromatic heterocycles. The van der Waals surface area contributed by atoms with Crippen LogP contribution in [-0.4, -0.2) is 23.4 Å². The monoisotopic (exact) mass is 284 g/mol. The number of nitrogens with one attached hydrogen (secondary N) is 1. The largest absolute Gasteiger partial charge is 0.367 e. The van der Waals surface area contributed by atoms with Gasteiger partial charge >= 0.3 is 0 Å². The molecule has 0 unspecified atom stereocenters. The number of rotatable bonds is 3. The molecule has 1 N–H and O–H groups in total. The summed E-state index contributed by atoms with van der Waals surface area (Å²) in [4.78, 5) is 26.0. The molecule has 0 bridgehead atoms. The van der Waals surface area contributed by atoms with Crippen LogP contribution < -0.4 is 5.32 Å². The van der Waals surface area contributed by atoms with Gasteiger partial charge in [-0.2, -0.15) is 0 Å². The van der Waals surface area contributed by atoms with Crippen LogP contribution in [-0.2, 0) is 9.59 Å². The Labute approximate surface area is 124 Å². The Kier molecular flexibility index (Phi) is 3.53. The van der Waals surface area contributed by atoms with Gasteiger partial charge in [0.25, 0.3) is 0 Å². The van der Waals surface area contributed by atoms with Crippen molar-refractivity contribution in [1.82, 2.24) is 4.90 Å². The Balaban J connectivity index is 1.69. The SMILES string of the molecule is Cc1ccc(NCN2C(=O)[C@@H]3CC=CC[C@H]3C2=O)cc1C. The normalized spacial score (nSPS) is 24.4. The highest BCUT2D eigenvalue weighted by molar-refractivity contribution is 6.05. The quantitative estimate of drug-likeness (QED) is 0.685. The van der Waals surface area contributed by atoms with E-state index in [1.165, 1.54) is 16.0 Å². The molecule has 4 heteroatoms. The van der Waals surface area contributed by atoms with E-state index < -0.39 is 0 Å². The van der Waals surface area contributed by atoms with Gasteiger partial charge < -0.3 is 5.32 Å². The third-order valence-electron chi connectivity index (χ3n) is 4.55. The molecule has 21 heavy (non-hydrogen) atoms. The highest BCUT2D eigenvalue weighted by Crippen LogP contribution is 2.34. The highest BCUT2D eigenvalue weighted by Gasteiger charge is 2.46. The maximum absolute atomic E-state index is 12.3.